The Hall–Kier alpha value is -0.300. The van der Waals surface area contributed by atoms with Crippen molar-refractivity contribution in [2.75, 3.05) is 6.54 Å². The van der Waals surface area contributed by atoms with Crippen molar-refractivity contribution in [3.05, 3.63) is 12.7 Å². The first-order valence-corrected chi connectivity index (χ1v) is 7.59. The van der Waals surface area contributed by atoms with Crippen LogP contribution in [-0.4, -0.2) is 12.6 Å². The molecule has 0 aromatic carbocycles. The van der Waals surface area contributed by atoms with Gasteiger partial charge in [0.1, 0.15) is 0 Å². The van der Waals surface area contributed by atoms with Gasteiger partial charge >= 0.3 is 0 Å². The largest absolute Gasteiger partial charge is 0.311 e. The first-order chi connectivity index (χ1) is 8.23. The van der Waals surface area contributed by atoms with Crippen LogP contribution in [0.25, 0.3) is 0 Å². The Labute approximate surface area is 106 Å². The zero-order valence-corrected chi connectivity index (χ0v) is 11.3. The van der Waals surface area contributed by atoms with Crippen molar-refractivity contribution in [1.29, 1.82) is 0 Å². The van der Waals surface area contributed by atoms with Gasteiger partial charge in [-0.2, -0.15) is 0 Å². The lowest BCUT2D eigenvalue weighted by atomic mass is 9.48. The van der Waals surface area contributed by atoms with Gasteiger partial charge in [0.2, 0.25) is 0 Å². The van der Waals surface area contributed by atoms with Crippen LogP contribution in [0.1, 0.15) is 51.9 Å². The van der Waals surface area contributed by atoms with Crippen LogP contribution in [0, 0.1) is 23.2 Å². The van der Waals surface area contributed by atoms with E-state index in [1.165, 1.54) is 25.7 Å². The molecule has 4 aliphatic rings. The summed E-state index contributed by atoms with van der Waals surface area (Å²) in [5.74, 6) is 3.23. The van der Waals surface area contributed by atoms with E-state index in [0.717, 1.165) is 24.3 Å². The van der Waals surface area contributed by atoms with E-state index in [1.54, 1.807) is 19.3 Å². The average Bonchev–Trinajstić information content (AvgIpc) is 2.26. The molecular formula is C16H27N. The molecule has 1 heteroatoms. The molecule has 4 fully saturated rings. The highest BCUT2D eigenvalue weighted by molar-refractivity contribution is 5.04. The van der Waals surface area contributed by atoms with Crippen LogP contribution in [0.5, 0.6) is 0 Å². The van der Waals surface area contributed by atoms with Gasteiger partial charge in [-0.15, -0.1) is 6.58 Å². The summed E-state index contributed by atoms with van der Waals surface area (Å²) in [5, 5.41) is 3.59. The third-order valence-electron chi connectivity index (χ3n) is 5.57. The summed E-state index contributed by atoms with van der Waals surface area (Å²) in [4.78, 5) is 0. The summed E-state index contributed by atoms with van der Waals surface area (Å²) in [6.07, 6.45) is 12.7. The zero-order valence-electron chi connectivity index (χ0n) is 11.3. The molecule has 1 atom stereocenters. The number of rotatable bonds is 5. The summed E-state index contributed by atoms with van der Waals surface area (Å²) in [7, 11) is 0. The maximum Gasteiger partial charge on any atom is 0.0252 e. The average molecular weight is 233 g/mol. The van der Waals surface area contributed by atoms with E-state index in [1.807, 2.05) is 0 Å². The van der Waals surface area contributed by atoms with Gasteiger partial charge in [-0.3, -0.25) is 0 Å². The molecule has 17 heavy (non-hydrogen) atoms. The van der Waals surface area contributed by atoms with E-state index in [0.29, 0.717) is 11.5 Å². The molecule has 1 N–H and O–H groups in total. The molecule has 96 valence electrons. The molecule has 0 saturated heterocycles. The molecule has 0 heterocycles. The Morgan fingerprint density at radius 2 is 1.71 bits per heavy atom. The molecule has 0 amide bonds. The highest BCUT2D eigenvalue weighted by atomic mass is 14.9. The van der Waals surface area contributed by atoms with Gasteiger partial charge in [0, 0.05) is 6.04 Å². The molecule has 4 saturated carbocycles. The van der Waals surface area contributed by atoms with E-state index in [2.05, 4.69) is 24.9 Å². The topological polar surface area (TPSA) is 12.0 Å². The van der Waals surface area contributed by atoms with Crippen LogP contribution in [0.3, 0.4) is 0 Å². The lowest BCUT2D eigenvalue weighted by molar-refractivity contribution is -0.0598. The van der Waals surface area contributed by atoms with E-state index < -0.39 is 0 Å². The SMILES string of the molecule is C=CC(CC12CC3CC(CC(C3)C1)C2)NCC. The second kappa shape index (κ2) is 4.42. The second-order valence-corrected chi connectivity index (χ2v) is 7.02. The van der Waals surface area contributed by atoms with Crippen LogP contribution in [0.4, 0.5) is 0 Å². The molecule has 4 aliphatic carbocycles. The van der Waals surface area contributed by atoms with Gasteiger partial charge in [-0.25, -0.2) is 0 Å². The Kier molecular flexibility index (Phi) is 3.06. The quantitative estimate of drug-likeness (QED) is 0.713. The van der Waals surface area contributed by atoms with Gasteiger partial charge < -0.3 is 5.32 Å². The van der Waals surface area contributed by atoms with Gasteiger partial charge in [0.25, 0.3) is 0 Å². The monoisotopic (exact) mass is 233 g/mol. The molecule has 0 spiro atoms. The van der Waals surface area contributed by atoms with E-state index in [4.69, 9.17) is 0 Å². The fourth-order valence-electron chi connectivity index (χ4n) is 5.51. The van der Waals surface area contributed by atoms with Gasteiger partial charge in [0.05, 0.1) is 0 Å². The summed E-state index contributed by atoms with van der Waals surface area (Å²) >= 11 is 0. The Morgan fingerprint density at radius 1 is 1.18 bits per heavy atom. The molecule has 0 radical (unpaired) electrons. The molecular weight excluding hydrogens is 206 g/mol. The lowest BCUT2D eigenvalue weighted by Crippen LogP contribution is -2.48. The predicted octanol–water partition coefficient (Wildman–Crippen LogP) is 3.76. The highest BCUT2D eigenvalue weighted by Gasteiger charge is 2.50. The van der Waals surface area contributed by atoms with Crippen LogP contribution < -0.4 is 5.32 Å². The van der Waals surface area contributed by atoms with Crippen LogP contribution in [0.15, 0.2) is 12.7 Å². The first kappa shape index (κ1) is 11.8. The van der Waals surface area contributed by atoms with Crippen molar-refractivity contribution in [2.45, 2.75) is 57.9 Å². The summed E-state index contributed by atoms with van der Waals surface area (Å²) in [6, 6.07) is 0.552. The molecule has 1 nitrogen and oxygen atoms in total. The fraction of sp³-hybridized carbons (Fsp3) is 0.875. The third-order valence-corrected chi connectivity index (χ3v) is 5.57. The number of hydrogen-bond acceptors (Lipinski definition) is 1. The Bertz CT molecular complexity index is 259. The van der Waals surface area contributed by atoms with Crippen molar-refractivity contribution in [3.63, 3.8) is 0 Å². The normalized spacial score (nSPS) is 44.9. The van der Waals surface area contributed by atoms with E-state index in [-0.39, 0.29) is 0 Å². The number of likely N-dealkylation sites (N-methyl/N-ethyl adjacent to an activating group) is 1. The predicted molar refractivity (Wildman–Crippen MR) is 72.9 cm³/mol. The highest BCUT2D eigenvalue weighted by Crippen LogP contribution is 2.61. The van der Waals surface area contributed by atoms with Crippen LogP contribution in [0.2, 0.25) is 0 Å². The summed E-state index contributed by atoms with van der Waals surface area (Å²) < 4.78 is 0. The third kappa shape index (κ3) is 2.19. The summed E-state index contributed by atoms with van der Waals surface area (Å²) in [6.45, 7) is 7.29. The second-order valence-electron chi connectivity index (χ2n) is 7.02. The fourth-order valence-corrected chi connectivity index (χ4v) is 5.51. The molecule has 1 unspecified atom stereocenters. The van der Waals surface area contributed by atoms with E-state index >= 15 is 0 Å². The smallest absolute Gasteiger partial charge is 0.0252 e. The van der Waals surface area contributed by atoms with Gasteiger partial charge in [-0.1, -0.05) is 13.0 Å². The van der Waals surface area contributed by atoms with Crippen molar-refractivity contribution in [3.8, 4) is 0 Å². The lowest BCUT2D eigenvalue weighted by Gasteiger charge is -2.57. The first-order valence-electron chi connectivity index (χ1n) is 7.59. The standard InChI is InChI=1S/C16H27N/c1-3-15(17-4-2)11-16-8-12-5-13(9-16)7-14(6-12)10-16/h3,12-15,17H,1,4-11H2,2H3. The molecule has 4 rings (SSSR count). The maximum absolute atomic E-state index is 4.02. The molecule has 0 aliphatic heterocycles. The molecule has 4 bridgehead atoms. The van der Waals surface area contributed by atoms with Gasteiger partial charge in [-0.05, 0) is 74.7 Å². The molecule has 0 aromatic heterocycles. The maximum atomic E-state index is 4.02. The van der Waals surface area contributed by atoms with Crippen molar-refractivity contribution in [1.82, 2.24) is 5.32 Å². The summed E-state index contributed by atoms with van der Waals surface area (Å²) in [5.41, 5.74) is 0.690. The Balaban J connectivity index is 1.71. The van der Waals surface area contributed by atoms with E-state index in [9.17, 15) is 0 Å². The number of nitrogens with one attached hydrogen (secondary N) is 1. The zero-order chi connectivity index (χ0) is 11.9. The van der Waals surface area contributed by atoms with Crippen molar-refractivity contribution in [2.24, 2.45) is 23.2 Å². The van der Waals surface area contributed by atoms with Crippen LogP contribution >= 0.6 is 0 Å². The number of hydrogen-bond donors (Lipinski definition) is 1. The van der Waals surface area contributed by atoms with Crippen LogP contribution in [-0.2, 0) is 0 Å². The van der Waals surface area contributed by atoms with Crippen molar-refractivity contribution < 1.29 is 0 Å². The van der Waals surface area contributed by atoms with Crippen molar-refractivity contribution >= 4 is 0 Å². The molecule has 0 aromatic rings. The van der Waals surface area contributed by atoms with Gasteiger partial charge in [0.15, 0.2) is 0 Å². The minimum atomic E-state index is 0.552. The minimum absolute atomic E-state index is 0.552. The minimum Gasteiger partial charge on any atom is -0.311 e. The Morgan fingerprint density at radius 3 is 2.12 bits per heavy atom.